The Balaban J connectivity index is 2.16. The molecular formula is C19H20N2O4. The van der Waals surface area contributed by atoms with Gasteiger partial charge in [-0.2, -0.15) is 0 Å². The molecule has 0 radical (unpaired) electrons. The van der Waals surface area contributed by atoms with Crippen molar-refractivity contribution in [2.75, 3.05) is 32.5 Å². The number of likely N-dealkylation sites (N-methyl/N-ethyl adjacent to an activating group) is 1. The highest BCUT2D eigenvalue weighted by atomic mass is 16.3. The van der Waals surface area contributed by atoms with E-state index in [1.807, 2.05) is 19.0 Å². The van der Waals surface area contributed by atoms with E-state index >= 15 is 0 Å². The second-order valence-corrected chi connectivity index (χ2v) is 6.42. The highest BCUT2D eigenvalue weighted by Gasteiger charge is 2.37. The van der Waals surface area contributed by atoms with Crippen molar-refractivity contribution in [3.63, 3.8) is 0 Å². The van der Waals surface area contributed by atoms with Gasteiger partial charge in [-0.15, -0.1) is 0 Å². The largest absolute Gasteiger partial charge is 0.507 e. The van der Waals surface area contributed by atoms with Crippen molar-refractivity contribution >= 4 is 17.3 Å². The standard InChI is InChI=1S/C19H20N2O4/c1-10-4-5-11(20-8-9-21(2)3)15-14(10)18(24)16-12(22)6-7-13(23)17(16)19(15)25/h4-7,20,22-23H,8-9H2,1-3H3. The first kappa shape index (κ1) is 17.0. The number of carbonyl (C=O) groups is 2. The minimum atomic E-state index is -0.464. The van der Waals surface area contributed by atoms with Gasteiger partial charge in [0.1, 0.15) is 11.5 Å². The van der Waals surface area contributed by atoms with Gasteiger partial charge in [-0.3, -0.25) is 9.59 Å². The summed E-state index contributed by atoms with van der Waals surface area (Å²) in [6, 6.07) is 5.98. The van der Waals surface area contributed by atoms with Crippen LogP contribution in [0.4, 0.5) is 5.69 Å². The number of benzene rings is 2. The summed E-state index contributed by atoms with van der Waals surface area (Å²) in [6.07, 6.45) is 0. The first-order valence-corrected chi connectivity index (χ1v) is 7.99. The van der Waals surface area contributed by atoms with Crippen molar-refractivity contribution in [1.82, 2.24) is 4.90 Å². The molecule has 0 aliphatic heterocycles. The third-order valence-corrected chi connectivity index (χ3v) is 4.36. The fraction of sp³-hybridized carbons (Fsp3) is 0.263. The monoisotopic (exact) mass is 340 g/mol. The van der Waals surface area contributed by atoms with Crippen LogP contribution < -0.4 is 5.32 Å². The highest BCUT2D eigenvalue weighted by Crippen LogP contribution is 2.40. The van der Waals surface area contributed by atoms with Gasteiger partial charge in [0.2, 0.25) is 0 Å². The molecule has 1 aliphatic rings. The number of hydrogen-bond acceptors (Lipinski definition) is 6. The predicted octanol–water partition coefficient (Wildman–Crippen LogP) is 2.16. The van der Waals surface area contributed by atoms with Crippen LogP contribution in [0.25, 0.3) is 0 Å². The lowest BCUT2D eigenvalue weighted by atomic mass is 9.80. The third kappa shape index (κ3) is 2.74. The fourth-order valence-corrected chi connectivity index (χ4v) is 3.09. The van der Waals surface area contributed by atoms with Crippen LogP contribution in [0.15, 0.2) is 24.3 Å². The molecule has 0 heterocycles. The molecule has 0 saturated carbocycles. The molecule has 0 fully saturated rings. The van der Waals surface area contributed by atoms with Crippen LogP contribution in [0.5, 0.6) is 11.5 Å². The smallest absolute Gasteiger partial charge is 0.200 e. The predicted molar refractivity (Wildman–Crippen MR) is 94.9 cm³/mol. The van der Waals surface area contributed by atoms with Crippen molar-refractivity contribution in [3.05, 3.63) is 52.1 Å². The zero-order valence-electron chi connectivity index (χ0n) is 14.4. The van der Waals surface area contributed by atoms with E-state index in [0.29, 0.717) is 17.8 Å². The number of carbonyl (C=O) groups excluding carboxylic acids is 2. The van der Waals surface area contributed by atoms with Crippen molar-refractivity contribution < 1.29 is 19.8 Å². The Morgan fingerprint density at radius 3 is 2.00 bits per heavy atom. The van der Waals surface area contributed by atoms with E-state index < -0.39 is 11.6 Å². The van der Waals surface area contributed by atoms with Gasteiger partial charge in [0, 0.05) is 24.3 Å². The Kier molecular flexibility index (Phi) is 4.22. The molecule has 3 N–H and O–H groups in total. The summed E-state index contributed by atoms with van der Waals surface area (Å²) in [7, 11) is 3.88. The molecule has 6 nitrogen and oxygen atoms in total. The Labute approximate surface area is 145 Å². The van der Waals surface area contributed by atoms with Crippen molar-refractivity contribution in [1.29, 1.82) is 0 Å². The van der Waals surface area contributed by atoms with Crippen molar-refractivity contribution in [3.8, 4) is 11.5 Å². The quantitative estimate of drug-likeness (QED) is 0.631. The van der Waals surface area contributed by atoms with Gasteiger partial charge in [-0.1, -0.05) is 6.07 Å². The molecule has 130 valence electrons. The molecule has 0 amide bonds. The summed E-state index contributed by atoms with van der Waals surface area (Å²) in [4.78, 5) is 27.9. The lowest BCUT2D eigenvalue weighted by molar-refractivity contribution is 0.0974. The summed E-state index contributed by atoms with van der Waals surface area (Å²) in [5.74, 6) is -1.53. The summed E-state index contributed by atoms with van der Waals surface area (Å²) >= 11 is 0. The lowest BCUT2D eigenvalue weighted by Crippen LogP contribution is -2.26. The molecule has 0 unspecified atom stereocenters. The average Bonchev–Trinajstić information content (AvgIpc) is 2.55. The van der Waals surface area contributed by atoms with Crippen LogP contribution >= 0.6 is 0 Å². The number of rotatable bonds is 4. The maximum absolute atomic E-state index is 13.0. The summed E-state index contributed by atoms with van der Waals surface area (Å²) in [5, 5.41) is 23.3. The molecular weight excluding hydrogens is 320 g/mol. The number of ketones is 2. The van der Waals surface area contributed by atoms with Gasteiger partial charge >= 0.3 is 0 Å². The van der Waals surface area contributed by atoms with E-state index in [9.17, 15) is 19.8 Å². The molecule has 6 heteroatoms. The van der Waals surface area contributed by atoms with Gasteiger partial charge in [-0.05, 0) is 44.8 Å². The number of aryl methyl sites for hydroxylation is 1. The van der Waals surface area contributed by atoms with E-state index in [0.717, 1.165) is 6.54 Å². The highest BCUT2D eigenvalue weighted by molar-refractivity contribution is 6.32. The number of phenols is 2. The van der Waals surface area contributed by atoms with E-state index in [4.69, 9.17) is 0 Å². The second kappa shape index (κ2) is 6.22. The molecule has 3 rings (SSSR count). The fourth-order valence-electron chi connectivity index (χ4n) is 3.09. The van der Waals surface area contributed by atoms with Crippen LogP contribution in [-0.4, -0.2) is 53.9 Å². The van der Waals surface area contributed by atoms with Crippen molar-refractivity contribution in [2.45, 2.75) is 6.92 Å². The van der Waals surface area contributed by atoms with Gasteiger partial charge in [-0.25, -0.2) is 0 Å². The van der Waals surface area contributed by atoms with Crippen LogP contribution in [0.2, 0.25) is 0 Å². The molecule has 0 saturated heterocycles. The van der Waals surface area contributed by atoms with E-state index in [2.05, 4.69) is 5.32 Å². The van der Waals surface area contributed by atoms with Gasteiger partial charge < -0.3 is 20.4 Å². The van der Waals surface area contributed by atoms with Gasteiger partial charge in [0.05, 0.1) is 16.7 Å². The molecule has 0 aromatic heterocycles. The van der Waals surface area contributed by atoms with E-state index in [1.165, 1.54) is 12.1 Å². The van der Waals surface area contributed by atoms with Crippen LogP contribution in [0.1, 0.15) is 37.4 Å². The number of anilines is 1. The molecule has 0 atom stereocenters. The number of hydrogen-bond donors (Lipinski definition) is 3. The zero-order chi connectivity index (χ0) is 18.3. The van der Waals surface area contributed by atoms with Crippen molar-refractivity contribution in [2.24, 2.45) is 0 Å². The Bertz CT molecular complexity index is 887. The molecule has 1 aliphatic carbocycles. The van der Waals surface area contributed by atoms with Crippen LogP contribution in [0, 0.1) is 6.92 Å². The number of nitrogens with zero attached hydrogens (tertiary/aromatic N) is 1. The number of nitrogens with one attached hydrogen (secondary N) is 1. The molecule has 2 aromatic carbocycles. The Morgan fingerprint density at radius 2 is 1.44 bits per heavy atom. The molecule has 0 bridgehead atoms. The minimum absolute atomic E-state index is 0.133. The van der Waals surface area contributed by atoms with E-state index in [1.54, 1.807) is 19.1 Å². The Hall–Kier alpha value is -2.86. The maximum Gasteiger partial charge on any atom is 0.200 e. The number of aromatic hydroxyl groups is 2. The van der Waals surface area contributed by atoms with Crippen LogP contribution in [0.3, 0.4) is 0 Å². The first-order valence-electron chi connectivity index (χ1n) is 7.99. The third-order valence-electron chi connectivity index (χ3n) is 4.36. The lowest BCUT2D eigenvalue weighted by Gasteiger charge is -2.24. The topological polar surface area (TPSA) is 89.9 Å². The van der Waals surface area contributed by atoms with Gasteiger partial charge in [0.25, 0.3) is 0 Å². The zero-order valence-corrected chi connectivity index (χ0v) is 14.4. The molecule has 25 heavy (non-hydrogen) atoms. The first-order chi connectivity index (χ1) is 11.8. The maximum atomic E-state index is 13.0. The number of phenolic OH excluding ortho intramolecular Hbond substituents is 2. The SMILES string of the molecule is Cc1ccc(NCCN(C)C)c2c1C(=O)c1c(O)ccc(O)c1C2=O. The van der Waals surface area contributed by atoms with E-state index in [-0.39, 0.29) is 33.8 Å². The molecule has 0 spiro atoms. The number of fused-ring (bicyclic) bond motifs is 2. The summed E-state index contributed by atoms with van der Waals surface area (Å²) in [6.45, 7) is 3.11. The minimum Gasteiger partial charge on any atom is -0.507 e. The second-order valence-electron chi connectivity index (χ2n) is 6.42. The van der Waals surface area contributed by atoms with Crippen LogP contribution in [-0.2, 0) is 0 Å². The summed E-state index contributed by atoms with van der Waals surface area (Å²) < 4.78 is 0. The molecule has 2 aromatic rings. The normalized spacial score (nSPS) is 13.0. The average molecular weight is 340 g/mol. The summed E-state index contributed by atoms with van der Waals surface area (Å²) in [5.41, 5.74) is 1.45. The van der Waals surface area contributed by atoms with Gasteiger partial charge in [0.15, 0.2) is 11.6 Å². The Morgan fingerprint density at radius 1 is 0.880 bits per heavy atom.